The molecule has 0 bridgehead atoms. The number of hydrogen-bond donors (Lipinski definition) is 1. The summed E-state index contributed by atoms with van der Waals surface area (Å²) in [6.07, 6.45) is 3.65. The maximum absolute atomic E-state index is 11.3. The first-order valence-electron chi connectivity index (χ1n) is 6.17. The van der Waals surface area contributed by atoms with E-state index in [0.717, 1.165) is 12.1 Å². The van der Waals surface area contributed by atoms with Crippen LogP contribution in [0.4, 0.5) is 0 Å². The smallest absolute Gasteiger partial charge is 0.238 e. The number of aromatic nitrogens is 2. The predicted octanol–water partition coefficient (Wildman–Crippen LogP) is 1.44. The monoisotopic (exact) mass is 295 g/mol. The summed E-state index contributed by atoms with van der Waals surface area (Å²) in [6.45, 7) is 4.88. The molecule has 108 valence electrons. The molecule has 0 amide bonds. The molecule has 0 aliphatic rings. The van der Waals surface area contributed by atoms with E-state index in [2.05, 4.69) is 5.10 Å². The quantitative estimate of drug-likeness (QED) is 0.904. The van der Waals surface area contributed by atoms with Gasteiger partial charge in [0.25, 0.3) is 0 Å². The Balaban J connectivity index is 2.09. The molecule has 2 aromatic rings. The highest BCUT2D eigenvalue weighted by Crippen LogP contribution is 2.21. The Kier molecular flexibility index (Phi) is 4.10. The molecule has 2 N–H and O–H groups in total. The van der Waals surface area contributed by atoms with Gasteiger partial charge in [0, 0.05) is 18.3 Å². The minimum absolute atomic E-state index is 0.114. The number of primary sulfonamides is 1. The van der Waals surface area contributed by atoms with Gasteiger partial charge in [0.05, 0.1) is 11.1 Å². The minimum Gasteiger partial charge on any atom is -0.489 e. The summed E-state index contributed by atoms with van der Waals surface area (Å²) >= 11 is 0. The molecule has 0 unspecified atom stereocenters. The molecule has 7 heteroatoms. The average Bonchev–Trinajstić information content (AvgIpc) is 2.83. The van der Waals surface area contributed by atoms with Crippen LogP contribution in [0.15, 0.2) is 35.5 Å². The van der Waals surface area contributed by atoms with Gasteiger partial charge in [-0.3, -0.25) is 4.68 Å². The number of nitrogens with two attached hydrogens (primary N) is 1. The molecule has 0 saturated carbocycles. The van der Waals surface area contributed by atoms with E-state index in [4.69, 9.17) is 9.88 Å². The van der Waals surface area contributed by atoms with Crippen molar-refractivity contribution in [3.8, 4) is 5.75 Å². The number of rotatable bonds is 5. The topological polar surface area (TPSA) is 87.2 Å². The lowest BCUT2D eigenvalue weighted by Gasteiger charge is -2.08. The largest absolute Gasteiger partial charge is 0.489 e. The molecule has 6 nitrogen and oxygen atoms in total. The van der Waals surface area contributed by atoms with E-state index in [-0.39, 0.29) is 4.90 Å². The lowest BCUT2D eigenvalue weighted by molar-refractivity contribution is 0.305. The molecule has 2 rings (SSSR count). The highest BCUT2D eigenvalue weighted by molar-refractivity contribution is 7.89. The molecule has 0 saturated heterocycles. The van der Waals surface area contributed by atoms with Crippen LogP contribution in [0, 0.1) is 6.92 Å². The highest BCUT2D eigenvalue weighted by atomic mass is 32.2. The maximum Gasteiger partial charge on any atom is 0.238 e. The van der Waals surface area contributed by atoms with Crippen LogP contribution in [0.1, 0.15) is 18.1 Å². The second kappa shape index (κ2) is 5.64. The van der Waals surface area contributed by atoms with Crippen molar-refractivity contribution in [1.82, 2.24) is 9.78 Å². The third kappa shape index (κ3) is 3.37. The van der Waals surface area contributed by atoms with E-state index >= 15 is 0 Å². The van der Waals surface area contributed by atoms with Crippen LogP contribution in [-0.4, -0.2) is 18.2 Å². The van der Waals surface area contributed by atoms with E-state index in [0.29, 0.717) is 17.9 Å². The fourth-order valence-corrected chi connectivity index (χ4v) is 2.62. The fourth-order valence-electron chi connectivity index (χ4n) is 1.85. The summed E-state index contributed by atoms with van der Waals surface area (Å²) in [5, 5.41) is 9.26. The zero-order valence-corrected chi connectivity index (χ0v) is 12.2. The number of hydrogen-bond acceptors (Lipinski definition) is 4. The molecule has 0 spiro atoms. The van der Waals surface area contributed by atoms with E-state index in [1.807, 2.05) is 17.8 Å². The van der Waals surface area contributed by atoms with Crippen molar-refractivity contribution in [3.63, 3.8) is 0 Å². The van der Waals surface area contributed by atoms with Crippen LogP contribution in [0.25, 0.3) is 0 Å². The van der Waals surface area contributed by atoms with Gasteiger partial charge in [-0.15, -0.1) is 0 Å². The molecule has 0 aliphatic carbocycles. The van der Waals surface area contributed by atoms with E-state index in [9.17, 15) is 8.42 Å². The van der Waals surface area contributed by atoms with Crippen LogP contribution in [0.5, 0.6) is 5.75 Å². The van der Waals surface area contributed by atoms with Gasteiger partial charge in [-0.1, -0.05) is 0 Å². The Hall–Kier alpha value is -1.86. The summed E-state index contributed by atoms with van der Waals surface area (Å²) in [7, 11) is -3.69. The first-order chi connectivity index (χ1) is 9.40. The van der Waals surface area contributed by atoms with Gasteiger partial charge in [0.2, 0.25) is 10.0 Å². The zero-order chi connectivity index (χ0) is 14.8. The standard InChI is InChI=1S/C13H17N3O3S/c1-3-16-8-11(7-15-16)9-19-12-4-5-13(10(2)6-12)20(14,17)18/h4-8H,3,9H2,1-2H3,(H2,14,17,18). The van der Waals surface area contributed by atoms with Crippen molar-refractivity contribution in [2.45, 2.75) is 31.9 Å². The Morgan fingerprint density at radius 1 is 1.40 bits per heavy atom. The molecule has 1 heterocycles. The maximum atomic E-state index is 11.3. The van der Waals surface area contributed by atoms with Crippen molar-refractivity contribution in [2.75, 3.05) is 0 Å². The van der Waals surface area contributed by atoms with Crippen LogP contribution < -0.4 is 9.88 Å². The summed E-state index contributed by atoms with van der Waals surface area (Å²) < 4.78 is 30.0. The summed E-state index contributed by atoms with van der Waals surface area (Å²) in [5.74, 6) is 0.596. The average molecular weight is 295 g/mol. The second-order valence-electron chi connectivity index (χ2n) is 4.47. The van der Waals surface area contributed by atoms with E-state index in [1.165, 1.54) is 6.07 Å². The molecule has 20 heavy (non-hydrogen) atoms. The molecule has 1 aromatic heterocycles. The highest BCUT2D eigenvalue weighted by Gasteiger charge is 2.11. The van der Waals surface area contributed by atoms with E-state index in [1.54, 1.807) is 25.3 Å². The Labute approximate surface area is 118 Å². The molecule has 0 fully saturated rings. The minimum atomic E-state index is -3.69. The number of aryl methyl sites for hydroxylation is 2. The van der Waals surface area contributed by atoms with Crippen LogP contribution in [0.2, 0.25) is 0 Å². The van der Waals surface area contributed by atoms with Crippen molar-refractivity contribution >= 4 is 10.0 Å². The zero-order valence-electron chi connectivity index (χ0n) is 11.4. The molecule has 0 atom stereocenters. The third-order valence-electron chi connectivity index (χ3n) is 2.87. The van der Waals surface area contributed by atoms with Gasteiger partial charge in [-0.2, -0.15) is 5.10 Å². The molecule has 0 radical (unpaired) electrons. The number of nitrogens with zero attached hydrogens (tertiary/aromatic N) is 2. The van der Waals surface area contributed by atoms with Gasteiger partial charge in [0.1, 0.15) is 12.4 Å². The molecular formula is C13H17N3O3S. The first kappa shape index (κ1) is 14.5. The van der Waals surface area contributed by atoms with Crippen molar-refractivity contribution in [1.29, 1.82) is 0 Å². The van der Waals surface area contributed by atoms with Crippen molar-refractivity contribution in [2.24, 2.45) is 5.14 Å². The van der Waals surface area contributed by atoms with Gasteiger partial charge in [-0.25, -0.2) is 13.6 Å². The number of ether oxygens (including phenoxy) is 1. The lowest BCUT2D eigenvalue weighted by Crippen LogP contribution is -2.13. The van der Waals surface area contributed by atoms with Gasteiger partial charge in [-0.05, 0) is 37.6 Å². The Morgan fingerprint density at radius 3 is 2.70 bits per heavy atom. The van der Waals surface area contributed by atoms with Gasteiger partial charge < -0.3 is 4.74 Å². The normalized spacial score (nSPS) is 11.6. The second-order valence-corrected chi connectivity index (χ2v) is 6.00. The SMILES string of the molecule is CCn1cc(COc2ccc(S(N)(=O)=O)c(C)c2)cn1. The fraction of sp³-hybridized carbons (Fsp3) is 0.308. The molecule has 1 aromatic carbocycles. The summed E-state index contributed by atoms with van der Waals surface area (Å²) in [4.78, 5) is 0.114. The van der Waals surface area contributed by atoms with Crippen LogP contribution in [-0.2, 0) is 23.2 Å². The summed E-state index contributed by atoms with van der Waals surface area (Å²) in [5.41, 5.74) is 1.52. The van der Waals surface area contributed by atoms with Gasteiger partial charge in [0.15, 0.2) is 0 Å². The Bertz CT molecular complexity index is 707. The van der Waals surface area contributed by atoms with Crippen LogP contribution in [0.3, 0.4) is 0 Å². The molecular weight excluding hydrogens is 278 g/mol. The van der Waals surface area contributed by atoms with E-state index < -0.39 is 10.0 Å². The number of sulfonamides is 1. The third-order valence-corrected chi connectivity index (χ3v) is 3.94. The van der Waals surface area contributed by atoms with Crippen molar-refractivity contribution < 1.29 is 13.2 Å². The lowest BCUT2D eigenvalue weighted by atomic mass is 10.2. The van der Waals surface area contributed by atoms with Crippen LogP contribution >= 0.6 is 0 Å². The predicted molar refractivity (Wildman–Crippen MR) is 74.8 cm³/mol. The first-order valence-corrected chi connectivity index (χ1v) is 7.72. The van der Waals surface area contributed by atoms with Gasteiger partial charge >= 0.3 is 0 Å². The summed E-state index contributed by atoms with van der Waals surface area (Å²) in [6, 6.07) is 4.70. The molecule has 0 aliphatic heterocycles. The van der Waals surface area contributed by atoms with Crippen molar-refractivity contribution in [3.05, 3.63) is 41.7 Å². The Morgan fingerprint density at radius 2 is 2.15 bits per heavy atom. The number of benzene rings is 1.